The number of aryl methyl sites for hydroxylation is 3. The van der Waals surface area contributed by atoms with E-state index < -0.39 is 25.0 Å². The van der Waals surface area contributed by atoms with Crippen LogP contribution in [0.25, 0.3) is 22.3 Å². The largest absolute Gasteiger partial charge is 0.375 e. The average molecular weight is 855 g/mol. The first-order valence-corrected chi connectivity index (χ1v) is 23.9. The van der Waals surface area contributed by atoms with Gasteiger partial charge < -0.3 is 25.4 Å². The molecule has 1 fully saturated rings. The van der Waals surface area contributed by atoms with Gasteiger partial charge in [0.25, 0.3) is 5.91 Å². The molecule has 318 valence electrons. The molecule has 1 aliphatic heterocycles. The maximum Gasteiger partial charge on any atom is 0.329 e. The van der Waals surface area contributed by atoms with E-state index in [9.17, 15) is 28.5 Å². The van der Waals surface area contributed by atoms with Gasteiger partial charge in [0.2, 0.25) is 17.7 Å². The number of carbonyl (C=O) groups excluding carboxylic acids is 4. The first-order chi connectivity index (χ1) is 28.7. The smallest absolute Gasteiger partial charge is 0.329 e. The summed E-state index contributed by atoms with van der Waals surface area (Å²) in [6.45, 7) is 7.77. The van der Waals surface area contributed by atoms with E-state index >= 15 is 0 Å². The molecule has 2 aromatic heterocycles. The summed E-state index contributed by atoms with van der Waals surface area (Å²) in [5.41, 5.74) is 6.39. The Kier molecular flexibility index (Phi) is 14.6. The third-order valence-electron chi connectivity index (χ3n) is 10.9. The fourth-order valence-corrected chi connectivity index (χ4v) is 9.65. The van der Waals surface area contributed by atoms with E-state index in [1.165, 1.54) is 15.9 Å². The Hall–Kier alpha value is -5.37. The van der Waals surface area contributed by atoms with Crippen LogP contribution < -0.4 is 37.2 Å². The minimum Gasteiger partial charge on any atom is -0.375 e. The molecule has 0 saturated carbocycles. The molecule has 0 bridgehead atoms. The van der Waals surface area contributed by atoms with E-state index in [4.69, 9.17) is 0 Å². The van der Waals surface area contributed by atoms with Crippen LogP contribution in [0.2, 0.25) is 0 Å². The molecule has 60 heavy (non-hydrogen) atoms. The summed E-state index contributed by atoms with van der Waals surface area (Å²) in [6.07, 6.45) is 6.82. The lowest BCUT2D eigenvalue weighted by molar-refractivity contribution is -0.135. The van der Waals surface area contributed by atoms with Gasteiger partial charge in [0.1, 0.15) is 13.2 Å². The normalized spacial score (nSPS) is 14.3. The summed E-state index contributed by atoms with van der Waals surface area (Å²) in [7, 11) is 1.25. The number of benzene rings is 3. The first-order valence-electron chi connectivity index (χ1n) is 20.4. The predicted molar refractivity (Wildman–Crippen MR) is 240 cm³/mol. The maximum absolute atomic E-state index is 13.0. The molecule has 1 saturated heterocycles. The molecule has 4 amide bonds. The third-order valence-corrected chi connectivity index (χ3v) is 13.3. The number of nitrogens with one attached hydrogen (secondary N) is 4. The third kappa shape index (κ3) is 11.1. The van der Waals surface area contributed by atoms with Gasteiger partial charge in [-0.15, -0.1) is 11.3 Å². The molecule has 0 aliphatic carbocycles. The van der Waals surface area contributed by atoms with Gasteiger partial charge in [-0.1, -0.05) is 37.1 Å². The molecule has 16 heteroatoms. The zero-order valence-electron chi connectivity index (χ0n) is 35.0. The summed E-state index contributed by atoms with van der Waals surface area (Å²) in [5.74, 6) is -1.52. The Balaban J connectivity index is 0.863. The molecule has 1 atom stereocenters. The lowest BCUT2D eigenvalue weighted by atomic mass is 10.1. The van der Waals surface area contributed by atoms with Crippen LogP contribution in [-0.2, 0) is 32.4 Å². The first kappa shape index (κ1) is 44.2. The lowest BCUT2D eigenvalue weighted by Gasteiger charge is -2.21. The minimum atomic E-state index is -2.55. The van der Waals surface area contributed by atoms with E-state index in [0.717, 1.165) is 91.7 Å². The Bertz CT molecular complexity index is 2490. The molecular weight excluding hydrogens is 800 g/mol. The van der Waals surface area contributed by atoms with Crippen molar-refractivity contribution in [3.05, 3.63) is 93.2 Å². The number of anilines is 2. The highest BCUT2D eigenvalue weighted by Gasteiger charge is 2.31. The van der Waals surface area contributed by atoms with Crippen molar-refractivity contribution in [2.45, 2.75) is 64.3 Å². The maximum atomic E-state index is 13.0. The van der Waals surface area contributed by atoms with Crippen molar-refractivity contribution in [3.8, 4) is 11.3 Å². The van der Waals surface area contributed by atoms with Crippen LogP contribution in [0.3, 0.4) is 0 Å². The van der Waals surface area contributed by atoms with E-state index in [-0.39, 0.29) is 30.5 Å². The fraction of sp³-hybridized carbons (Fsp3) is 0.409. The quantitative estimate of drug-likeness (QED) is 0.0469. The molecule has 0 radical (unpaired) electrons. The standard InChI is InChI=1S/C44H55N8O6PS/c1-29-15-17-32(26-38(29)59(4,5)58)41(55)46-27-40(54)49-43-47-34(28-60-43)31-13-10-14-33(25-31)50(2)23-9-7-6-8-21-45-22-11-12-30-16-18-35-37(24-30)51(3)44(57)52(35)36-19-20-39(53)48-42(36)56/h10,13-18,24-26,28,36,45H,6-9,11-12,19-23,27H2,1-5H3,(H,46,55)(H,47,49,54)(H,48,53,56). The van der Waals surface area contributed by atoms with E-state index in [2.05, 4.69) is 50.3 Å². The number of amides is 4. The lowest BCUT2D eigenvalue weighted by Crippen LogP contribution is -2.44. The highest BCUT2D eigenvalue weighted by Crippen LogP contribution is 2.36. The average Bonchev–Trinajstić information content (AvgIpc) is 3.78. The van der Waals surface area contributed by atoms with Crippen molar-refractivity contribution in [1.82, 2.24) is 30.1 Å². The number of unbranched alkanes of at least 4 members (excludes halogenated alkanes) is 3. The van der Waals surface area contributed by atoms with Crippen molar-refractivity contribution in [1.29, 1.82) is 0 Å². The van der Waals surface area contributed by atoms with Gasteiger partial charge in [-0.25, -0.2) is 9.78 Å². The van der Waals surface area contributed by atoms with Crippen molar-refractivity contribution in [3.63, 3.8) is 0 Å². The predicted octanol–water partition coefficient (Wildman–Crippen LogP) is 5.59. The molecule has 6 rings (SSSR count). The molecule has 14 nitrogen and oxygen atoms in total. The van der Waals surface area contributed by atoms with Crippen LogP contribution in [0.5, 0.6) is 0 Å². The van der Waals surface area contributed by atoms with E-state index in [1.54, 1.807) is 43.1 Å². The van der Waals surface area contributed by atoms with Gasteiger partial charge in [0, 0.05) is 54.6 Å². The van der Waals surface area contributed by atoms with Gasteiger partial charge in [-0.05, 0) is 113 Å². The van der Waals surface area contributed by atoms with Gasteiger partial charge in [-0.2, -0.15) is 0 Å². The number of imidazole rings is 1. The number of hydrogen-bond acceptors (Lipinski definition) is 10. The topological polar surface area (TPSA) is 177 Å². The second kappa shape index (κ2) is 19.8. The van der Waals surface area contributed by atoms with Crippen molar-refractivity contribution in [2.24, 2.45) is 7.05 Å². The number of fused-ring (bicyclic) bond motifs is 1. The number of nitrogens with zero attached hydrogens (tertiary/aromatic N) is 4. The van der Waals surface area contributed by atoms with Crippen molar-refractivity contribution >= 4 is 69.3 Å². The molecule has 4 N–H and O–H groups in total. The van der Waals surface area contributed by atoms with E-state index in [0.29, 0.717) is 27.9 Å². The van der Waals surface area contributed by atoms with Gasteiger partial charge in [0.05, 0.1) is 23.3 Å². The van der Waals surface area contributed by atoms with Crippen LogP contribution >= 0.6 is 18.5 Å². The number of piperidine rings is 1. The summed E-state index contributed by atoms with van der Waals surface area (Å²) in [4.78, 5) is 69.4. The SMILES string of the molecule is Cc1ccc(C(=O)NCC(=O)Nc2nc(-c3cccc(N(C)CCCCCCNCCCc4ccc5c(c4)n(C)c(=O)n5C4CCC(=O)NC4=O)c3)cs2)cc1P(C)(C)=O. The molecule has 1 unspecified atom stereocenters. The Labute approximate surface area is 354 Å². The zero-order valence-corrected chi connectivity index (χ0v) is 36.7. The summed E-state index contributed by atoms with van der Waals surface area (Å²) in [5, 5.41) is 14.3. The van der Waals surface area contributed by atoms with Crippen molar-refractivity contribution in [2.75, 3.05) is 56.8 Å². The van der Waals surface area contributed by atoms with Crippen molar-refractivity contribution < 1.29 is 23.7 Å². The highest BCUT2D eigenvalue weighted by molar-refractivity contribution is 7.70. The number of imide groups is 1. The Morgan fingerprint density at radius 3 is 2.53 bits per heavy atom. The monoisotopic (exact) mass is 854 g/mol. The number of thiazole rings is 1. The Morgan fingerprint density at radius 1 is 0.967 bits per heavy atom. The number of carbonyl (C=O) groups is 4. The van der Waals surface area contributed by atoms with Gasteiger partial charge >= 0.3 is 5.69 Å². The summed E-state index contributed by atoms with van der Waals surface area (Å²) >= 11 is 1.32. The van der Waals surface area contributed by atoms with Gasteiger partial charge in [-0.3, -0.25) is 33.6 Å². The van der Waals surface area contributed by atoms with Gasteiger partial charge in [0.15, 0.2) is 5.13 Å². The second-order valence-electron chi connectivity index (χ2n) is 15.9. The van der Waals surface area contributed by atoms with Crippen LogP contribution in [0.4, 0.5) is 10.8 Å². The summed E-state index contributed by atoms with van der Waals surface area (Å²) in [6, 6.07) is 18.5. The second-order valence-corrected chi connectivity index (χ2v) is 19.9. The zero-order chi connectivity index (χ0) is 43.0. The van der Waals surface area contributed by atoms with Crippen LogP contribution in [0.1, 0.15) is 72.5 Å². The van der Waals surface area contributed by atoms with Crippen LogP contribution in [-0.4, -0.2) is 84.3 Å². The minimum absolute atomic E-state index is 0.219. The van der Waals surface area contributed by atoms with Crippen LogP contribution in [0, 0.1) is 6.92 Å². The number of aromatic nitrogens is 3. The number of hydrogen-bond donors (Lipinski definition) is 4. The molecule has 3 aromatic carbocycles. The number of rotatable bonds is 19. The molecular formula is C44H55N8O6PS. The molecule has 1 aliphatic rings. The highest BCUT2D eigenvalue weighted by atomic mass is 32.1. The summed E-state index contributed by atoms with van der Waals surface area (Å²) < 4.78 is 15.7. The molecule has 3 heterocycles. The fourth-order valence-electron chi connectivity index (χ4n) is 7.54. The Morgan fingerprint density at radius 2 is 1.75 bits per heavy atom. The molecule has 5 aromatic rings. The molecule has 0 spiro atoms. The van der Waals surface area contributed by atoms with Crippen LogP contribution in [0.15, 0.2) is 70.8 Å². The van der Waals surface area contributed by atoms with E-state index in [1.807, 2.05) is 42.6 Å².